The van der Waals surface area contributed by atoms with E-state index in [1.165, 1.54) is 60.8 Å². The van der Waals surface area contributed by atoms with Crippen LogP contribution in [0.15, 0.2) is 77.8 Å². The van der Waals surface area contributed by atoms with E-state index in [2.05, 4.69) is 15.0 Å². The smallest absolute Gasteiger partial charge is 0.265 e. The van der Waals surface area contributed by atoms with Gasteiger partial charge in [-0.05, 0) is 67.6 Å². The molecule has 1 aromatic heterocycles. The van der Waals surface area contributed by atoms with E-state index >= 15 is 0 Å². The Morgan fingerprint density at radius 3 is 2.34 bits per heavy atom. The summed E-state index contributed by atoms with van der Waals surface area (Å²) in [5, 5.41) is 2.64. The molecule has 3 aromatic rings. The largest absolute Gasteiger partial charge is 0.481 e. The maximum Gasteiger partial charge on any atom is 0.265 e. The number of halogens is 1. The van der Waals surface area contributed by atoms with Crippen molar-refractivity contribution in [2.24, 2.45) is 0 Å². The van der Waals surface area contributed by atoms with Crippen LogP contribution < -0.4 is 14.8 Å². The van der Waals surface area contributed by atoms with Crippen LogP contribution in [0.5, 0.6) is 5.75 Å². The van der Waals surface area contributed by atoms with Crippen molar-refractivity contribution in [3.05, 3.63) is 78.7 Å². The Morgan fingerprint density at radius 2 is 1.72 bits per heavy atom. The number of ether oxygens (including phenoxy) is 1. The molecule has 1 heterocycles. The molecule has 0 unspecified atom stereocenters. The maximum absolute atomic E-state index is 12.9. The summed E-state index contributed by atoms with van der Waals surface area (Å²) in [7, 11) is -3.80. The molecule has 0 saturated carbocycles. The predicted molar refractivity (Wildman–Crippen MR) is 107 cm³/mol. The lowest BCUT2D eigenvalue weighted by atomic mass is 10.3. The summed E-state index contributed by atoms with van der Waals surface area (Å²) >= 11 is 0. The zero-order valence-electron chi connectivity index (χ0n) is 15.4. The third-order valence-electron chi connectivity index (χ3n) is 3.83. The molecule has 2 aromatic carbocycles. The standard InChI is InChI=1S/C20H18FN3O4S/c1-14(28-17-9-5-15(21)6-10-17)20(25)23-16-7-11-18(12-8-16)29(26,27)24-19-4-2-3-13-22-19/h2-14H,1H3,(H,22,24)(H,23,25)/t14-/m0/s1. The summed E-state index contributed by atoms with van der Waals surface area (Å²) in [4.78, 5) is 16.2. The van der Waals surface area contributed by atoms with Crippen molar-refractivity contribution in [3.63, 3.8) is 0 Å². The van der Waals surface area contributed by atoms with Crippen LogP contribution >= 0.6 is 0 Å². The molecule has 0 spiro atoms. The number of amides is 1. The highest BCUT2D eigenvalue weighted by Gasteiger charge is 2.17. The van der Waals surface area contributed by atoms with Crippen LogP contribution in [0.3, 0.4) is 0 Å². The minimum atomic E-state index is -3.80. The SMILES string of the molecule is C[C@H](Oc1ccc(F)cc1)C(=O)Nc1ccc(S(=O)(=O)Nc2ccccn2)cc1. The van der Waals surface area contributed by atoms with E-state index in [9.17, 15) is 17.6 Å². The number of sulfonamides is 1. The Morgan fingerprint density at radius 1 is 1.03 bits per heavy atom. The molecule has 3 rings (SSSR count). The monoisotopic (exact) mass is 415 g/mol. The summed E-state index contributed by atoms with van der Waals surface area (Å²) in [6.45, 7) is 1.55. The lowest BCUT2D eigenvalue weighted by Crippen LogP contribution is -2.30. The number of nitrogens with zero attached hydrogens (tertiary/aromatic N) is 1. The number of rotatable bonds is 7. The Bertz CT molecular complexity index is 1070. The number of nitrogens with one attached hydrogen (secondary N) is 2. The van der Waals surface area contributed by atoms with Crippen LogP contribution in [0.1, 0.15) is 6.92 Å². The third kappa shape index (κ3) is 5.52. The molecule has 29 heavy (non-hydrogen) atoms. The number of pyridine rings is 1. The molecule has 0 aliphatic rings. The predicted octanol–water partition coefficient (Wildman–Crippen LogP) is 3.43. The van der Waals surface area contributed by atoms with Gasteiger partial charge in [-0.1, -0.05) is 6.07 Å². The first-order chi connectivity index (χ1) is 13.8. The first-order valence-corrected chi connectivity index (χ1v) is 10.1. The van der Waals surface area contributed by atoms with Crippen molar-refractivity contribution in [1.29, 1.82) is 0 Å². The molecule has 7 nitrogen and oxygen atoms in total. The zero-order valence-corrected chi connectivity index (χ0v) is 16.2. The lowest BCUT2D eigenvalue weighted by molar-refractivity contribution is -0.122. The van der Waals surface area contributed by atoms with Crippen LogP contribution in [-0.4, -0.2) is 25.4 Å². The Hall–Kier alpha value is -3.46. The Labute approximate surface area is 167 Å². The minimum absolute atomic E-state index is 0.0248. The highest BCUT2D eigenvalue weighted by Crippen LogP contribution is 2.18. The van der Waals surface area contributed by atoms with E-state index in [0.717, 1.165) is 0 Å². The molecule has 0 aliphatic heterocycles. The zero-order chi connectivity index (χ0) is 20.9. The van der Waals surface area contributed by atoms with E-state index in [1.807, 2.05) is 0 Å². The van der Waals surface area contributed by atoms with Crippen molar-refractivity contribution >= 4 is 27.4 Å². The van der Waals surface area contributed by atoms with Gasteiger partial charge < -0.3 is 10.1 Å². The van der Waals surface area contributed by atoms with Crippen molar-refractivity contribution in [1.82, 2.24) is 4.98 Å². The van der Waals surface area contributed by atoms with Gasteiger partial charge in [-0.25, -0.2) is 17.8 Å². The van der Waals surface area contributed by atoms with Crippen LogP contribution in [0.4, 0.5) is 15.9 Å². The number of carbonyl (C=O) groups is 1. The van der Waals surface area contributed by atoms with Gasteiger partial charge in [0.25, 0.3) is 15.9 Å². The van der Waals surface area contributed by atoms with Gasteiger partial charge in [0.05, 0.1) is 4.90 Å². The molecule has 150 valence electrons. The number of hydrogen-bond donors (Lipinski definition) is 2. The van der Waals surface area contributed by atoms with Crippen LogP contribution in [0.25, 0.3) is 0 Å². The molecular weight excluding hydrogens is 397 g/mol. The molecule has 2 N–H and O–H groups in total. The summed E-state index contributed by atoms with van der Waals surface area (Å²) in [6.07, 6.45) is 0.640. The minimum Gasteiger partial charge on any atom is -0.481 e. The van der Waals surface area contributed by atoms with E-state index in [1.54, 1.807) is 19.1 Å². The van der Waals surface area contributed by atoms with Gasteiger partial charge in [0.2, 0.25) is 0 Å². The quantitative estimate of drug-likeness (QED) is 0.616. The fourth-order valence-corrected chi connectivity index (χ4v) is 3.36. The highest BCUT2D eigenvalue weighted by atomic mass is 32.2. The van der Waals surface area contributed by atoms with Gasteiger partial charge in [-0.3, -0.25) is 9.52 Å². The summed E-state index contributed by atoms with van der Waals surface area (Å²) in [5.74, 6) is -0.272. The molecule has 0 bridgehead atoms. The summed E-state index contributed by atoms with van der Waals surface area (Å²) < 4.78 is 45.5. The van der Waals surface area contributed by atoms with E-state index in [0.29, 0.717) is 11.4 Å². The van der Waals surface area contributed by atoms with Crippen LogP contribution in [-0.2, 0) is 14.8 Å². The summed E-state index contributed by atoms with van der Waals surface area (Å²) in [6, 6.07) is 15.9. The van der Waals surface area contributed by atoms with Crippen LogP contribution in [0.2, 0.25) is 0 Å². The Balaban J connectivity index is 1.62. The number of benzene rings is 2. The third-order valence-corrected chi connectivity index (χ3v) is 5.20. The molecule has 9 heteroatoms. The molecule has 0 aliphatic carbocycles. The first-order valence-electron chi connectivity index (χ1n) is 8.60. The second-order valence-corrected chi connectivity index (χ2v) is 7.73. The van der Waals surface area contributed by atoms with Crippen LogP contribution in [0, 0.1) is 5.82 Å². The van der Waals surface area contributed by atoms with E-state index < -0.39 is 27.9 Å². The fraction of sp³-hybridized carbons (Fsp3) is 0.100. The average Bonchev–Trinajstić information content (AvgIpc) is 2.70. The van der Waals surface area contributed by atoms with Crippen molar-refractivity contribution < 1.29 is 22.3 Å². The molecular formula is C20H18FN3O4S. The molecule has 0 saturated heterocycles. The number of aromatic nitrogens is 1. The van der Waals surface area contributed by atoms with Crippen molar-refractivity contribution in [2.45, 2.75) is 17.9 Å². The number of anilines is 2. The average molecular weight is 415 g/mol. The maximum atomic E-state index is 12.9. The lowest BCUT2D eigenvalue weighted by Gasteiger charge is -2.15. The van der Waals surface area contributed by atoms with Gasteiger partial charge in [0, 0.05) is 11.9 Å². The van der Waals surface area contributed by atoms with Gasteiger partial charge in [0.15, 0.2) is 6.10 Å². The summed E-state index contributed by atoms with van der Waals surface area (Å²) in [5.41, 5.74) is 0.404. The molecule has 1 amide bonds. The molecule has 0 radical (unpaired) electrons. The number of carbonyl (C=O) groups excluding carboxylic acids is 1. The van der Waals surface area contributed by atoms with Gasteiger partial charge in [0.1, 0.15) is 17.4 Å². The first kappa shape index (κ1) is 20.3. The fourth-order valence-electron chi connectivity index (χ4n) is 2.35. The van der Waals surface area contributed by atoms with E-state index in [-0.39, 0.29) is 10.7 Å². The molecule has 1 atom stereocenters. The second-order valence-electron chi connectivity index (χ2n) is 6.05. The van der Waals surface area contributed by atoms with Gasteiger partial charge >= 0.3 is 0 Å². The topological polar surface area (TPSA) is 97.4 Å². The van der Waals surface area contributed by atoms with E-state index in [4.69, 9.17) is 4.74 Å². The Kier molecular flexibility index (Phi) is 6.08. The number of hydrogen-bond acceptors (Lipinski definition) is 5. The van der Waals surface area contributed by atoms with Crippen molar-refractivity contribution in [2.75, 3.05) is 10.0 Å². The second kappa shape index (κ2) is 8.70. The van der Waals surface area contributed by atoms with Gasteiger partial charge in [-0.2, -0.15) is 0 Å². The highest BCUT2D eigenvalue weighted by molar-refractivity contribution is 7.92. The molecule has 0 fully saturated rings. The van der Waals surface area contributed by atoms with Gasteiger partial charge in [-0.15, -0.1) is 0 Å². The van der Waals surface area contributed by atoms with Crippen molar-refractivity contribution in [3.8, 4) is 5.75 Å². The normalized spacial score (nSPS) is 12.1.